The van der Waals surface area contributed by atoms with Crippen LogP contribution in [-0.4, -0.2) is 21.9 Å². The highest BCUT2D eigenvalue weighted by Crippen LogP contribution is 1.96. The number of hydrogen-bond acceptors (Lipinski definition) is 2. The fraction of sp³-hybridized carbons (Fsp3) is 0.400. The minimum Gasteiger partial charge on any atom is -0.348 e. The molecule has 56 valence electrons. The Kier molecular flexibility index (Phi) is 2.33. The lowest BCUT2D eigenvalue weighted by Gasteiger charge is -1.96. The molecule has 0 saturated heterocycles. The predicted molar refractivity (Wildman–Crippen MR) is 31.2 cm³/mol. The number of aromatic nitrogens is 2. The third-order valence-electron chi connectivity index (χ3n) is 1.11. The van der Waals surface area contributed by atoms with Crippen LogP contribution in [-0.2, 0) is 6.42 Å². The summed E-state index contributed by atoms with van der Waals surface area (Å²) in [7, 11) is 0. The number of rotatable bonds is 3. The van der Waals surface area contributed by atoms with Crippen LogP contribution < -0.4 is 0 Å². The van der Waals surface area contributed by atoms with Crippen molar-refractivity contribution in [1.82, 2.24) is 15.3 Å². The van der Waals surface area contributed by atoms with Gasteiger partial charge >= 0.3 is 0 Å². The molecule has 0 unspecified atom stereocenters. The van der Waals surface area contributed by atoms with E-state index in [2.05, 4.69) is 9.97 Å². The van der Waals surface area contributed by atoms with Gasteiger partial charge in [0.2, 0.25) is 0 Å². The van der Waals surface area contributed by atoms with Crippen LogP contribution in [0.3, 0.4) is 0 Å². The maximum absolute atomic E-state index is 11.4. The van der Waals surface area contributed by atoms with Crippen molar-refractivity contribution in [1.29, 1.82) is 0 Å². The number of hydrogen-bond donors (Lipinski definition) is 1. The second-order valence-corrected chi connectivity index (χ2v) is 1.85. The first-order chi connectivity index (χ1) is 4.79. The van der Waals surface area contributed by atoms with Gasteiger partial charge in [0.05, 0.1) is 12.9 Å². The van der Waals surface area contributed by atoms with E-state index in [9.17, 15) is 8.96 Å². The molecule has 1 aromatic heterocycles. The fourth-order valence-electron chi connectivity index (χ4n) is 0.626. The van der Waals surface area contributed by atoms with Gasteiger partial charge in [0.15, 0.2) is 0 Å². The molecule has 0 radical (unpaired) electrons. The third-order valence-corrected chi connectivity index (χ3v) is 1.11. The Hall–Kier alpha value is -0.970. The summed E-state index contributed by atoms with van der Waals surface area (Å²) in [5, 5.41) is -0.846. The Balaban J connectivity index is 2.28. The van der Waals surface area contributed by atoms with E-state index < -0.39 is 5.34 Å². The summed E-state index contributed by atoms with van der Waals surface area (Å²) in [6.45, 7) is -0.262. The molecule has 0 spiro atoms. The summed E-state index contributed by atoms with van der Waals surface area (Å²) >= 11 is 0. The molecule has 1 aromatic rings. The van der Waals surface area contributed by atoms with Gasteiger partial charge in [-0.2, -0.15) is 0 Å². The van der Waals surface area contributed by atoms with Crippen molar-refractivity contribution in [3.63, 3.8) is 0 Å². The number of nitrogens with one attached hydrogen (secondary N) is 1. The smallest absolute Gasteiger partial charge is 0.0921 e. The minimum atomic E-state index is -0.846. The maximum Gasteiger partial charge on any atom is 0.0921 e. The number of aromatic amines is 1. The van der Waals surface area contributed by atoms with Gasteiger partial charge in [0.1, 0.15) is 0 Å². The second-order valence-electron chi connectivity index (χ2n) is 1.85. The summed E-state index contributed by atoms with van der Waals surface area (Å²) in [5.74, 6) is 0. The van der Waals surface area contributed by atoms with Gasteiger partial charge < -0.3 is 4.98 Å². The van der Waals surface area contributed by atoms with E-state index in [1.54, 1.807) is 0 Å². The summed E-state index contributed by atoms with van der Waals surface area (Å²) in [6, 6.07) is 0. The lowest BCUT2D eigenvalue weighted by molar-refractivity contribution is -0.151. The SMILES string of the molecule is FN(F)CCc1cnc[nH]1. The van der Waals surface area contributed by atoms with Gasteiger partial charge in [-0.25, -0.2) is 4.98 Å². The molecule has 5 heteroatoms. The van der Waals surface area contributed by atoms with Crippen LogP contribution in [0.15, 0.2) is 12.5 Å². The maximum atomic E-state index is 11.4. The van der Waals surface area contributed by atoms with Gasteiger partial charge in [-0.3, -0.25) is 0 Å². The lowest BCUT2D eigenvalue weighted by Crippen LogP contribution is -2.05. The zero-order valence-electron chi connectivity index (χ0n) is 5.22. The first kappa shape index (κ1) is 7.14. The number of H-pyrrole nitrogens is 1. The highest BCUT2D eigenvalue weighted by molar-refractivity contribution is 4.93. The van der Waals surface area contributed by atoms with E-state index >= 15 is 0 Å². The standard InChI is InChI=1S/C5H7F2N3/c6-10(7)2-1-5-3-8-4-9-5/h3-4H,1-2H2,(H,8,9). The van der Waals surface area contributed by atoms with Crippen molar-refractivity contribution in [2.45, 2.75) is 6.42 Å². The van der Waals surface area contributed by atoms with Crippen molar-refractivity contribution in [3.8, 4) is 0 Å². The van der Waals surface area contributed by atoms with E-state index in [0.29, 0.717) is 6.42 Å². The van der Waals surface area contributed by atoms with Crippen molar-refractivity contribution in [2.75, 3.05) is 6.54 Å². The van der Waals surface area contributed by atoms with E-state index in [1.165, 1.54) is 12.5 Å². The first-order valence-corrected chi connectivity index (χ1v) is 2.85. The van der Waals surface area contributed by atoms with Crippen molar-refractivity contribution >= 4 is 0 Å². The molecule has 0 aromatic carbocycles. The van der Waals surface area contributed by atoms with E-state index in [-0.39, 0.29) is 6.54 Å². The Morgan fingerprint density at radius 3 is 2.90 bits per heavy atom. The van der Waals surface area contributed by atoms with Crippen molar-refractivity contribution in [2.24, 2.45) is 0 Å². The van der Waals surface area contributed by atoms with Crippen LogP contribution in [0.25, 0.3) is 0 Å². The lowest BCUT2D eigenvalue weighted by atomic mass is 10.3. The average molecular weight is 147 g/mol. The van der Waals surface area contributed by atoms with Crippen LogP contribution in [0.5, 0.6) is 0 Å². The minimum absolute atomic E-state index is 0.262. The molecule has 0 bridgehead atoms. The van der Waals surface area contributed by atoms with Gasteiger partial charge in [-0.1, -0.05) is 0 Å². The Morgan fingerprint density at radius 1 is 1.60 bits per heavy atom. The highest BCUT2D eigenvalue weighted by Gasteiger charge is 1.99. The van der Waals surface area contributed by atoms with Crippen molar-refractivity contribution in [3.05, 3.63) is 18.2 Å². The van der Waals surface area contributed by atoms with Gasteiger partial charge in [0.25, 0.3) is 0 Å². The zero-order valence-corrected chi connectivity index (χ0v) is 5.22. The van der Waals surface area contributed by atoms with E-state index in [1.807, 2.05) is 0 Å². The molecule has 0 aliphatic rings. The molecule has 0 amide bonds. The zero-order chi connectivity index (χ0) is 7.40. The topological polar surface area (TPSA) is 31.9 Å². The normalized spacial score (nSPS) is 10.7. The average Bonchev–Trinajstić information content (AvgIpc) is 2.34. The number of imidazole rings is 1. The molecule has 1 N–H and O–H groups in total. The summed E-state index contributed by atoms with van der Waals surface area (Å²) in [5.41, 5.74) is 0.723. The molecule has 3 nitrogen and oxygen atoms in total. The summed E-state index contributed by atoms with van der Waals surface area (Å²) < 4.78 is 22.9. The first-order valence-electron chi connectivity index (χ1n) is 2.85. The highest BCUT2D eigenvalue weighted by atomic mass is 19.4. The summed E-state index contributed by atoms with van der Waals surface area (Å²) in [6.07, 6.45) is 3.30. The second kappa shape index (κ2) is 3.26. The van der Waals surface area contributed by atoms with Crippen LogP contribution >= 0.6 is 0 Å². The third kappa shape index (κ3) is 2.10. The predicted octanol–water partition coefficient (Wildman–Crippen LogP) is 1.02. The Bertz CT molecular complexity index is 173. The summed E-state index contributed by atoms with van der Waals surface area (Å²) in [4.78, 5) is 6.40. The molecule has 0 aliphatic heterocycles. The molecule has 1 heterocycles. The molecular weight excluding hydrogens is 140 g/mol. The molecule has 1 rings (SSSR count). The van der Waals surface area contributed by atoms with E-state index in [4.69, 9.17) is 0 Å². The van der Waals surface area contributed by atoms with Gasteiger partial charge in [-0.15, -0.1) is 8.96 Å². The van der Waals surface area contributed by atoms with Crippen LogP contribution in [0.4, 0.5) is 8.96 Å². The molecule has 0 saturated carbocycles. The van der Waals surface area contributed by atoms with Crippen LogP contribution in [0.2, 0.25) is 0 Å². The molecule has 0 atom stereocenters. The van der Waals surface area contributed by atoms with Gasteiger partial charge in [0, 0.05) is 23.7 Å². The van der Waals surface area contributed by atoms with Crippen LogP contribution in [0.1, 0.15) is 5.69 Å². The molecule has 0 fully saturated rings. The number of halogens is 2. The monoisotopic (exact) mass is 147 g/mol. The van der Waals surface area contributed by atoms with Crippen LogP contribution in [0, 0.1) is 0 Å². The molecular formula is C5H7F2N3. The molecule has 10 heavy (non-hydrogen) atoms. The fourth-order valence-corrected chi connectivity index (χ4v) is 0.626. The number of nitrogens with zero attached hydrogens (tertiary/aromatic N) is 2. The largest absolute Gasteiger partial charge is 0.348 e. The van der Waals surface area contributed by atoms with Gasteiger partial charge in [-0.05, 0) is 0 Å². The van der Waals surface area contributed by atoms with E-state index in [0.717, 1.165) is 5.69 Å². The Labute approximate surface area is 56.6 Å². The van der Waals surface area contributed by atoms with Crippen molar-refractivity contribution < 1.29 is 8.96 Å². The molecule has 0 aliphatic carbocycles. The quantitative estimate of drug-likeness (QED) is 0.647. The Morgan fingerprint density at radius 2 is 2.40 bits per heavy atom.